The predicted octanol–water partition coefficient (Wildman–Crippen LogP) is 6.30. The molecule has 4 rings (SSSR count). The molecule has 0 bridgehead atoms. The van der Waals surface area contributed by atoms with E-state index in [4.69, 9.17) is 11.6 Å². The Balaban J connectivity index is 1.74. The van der Waals surface area contributed by atoms with Crippen molar-refractivity contribution in [3.05, 3.63) is 81.1 Å². The number of rotatable bonds is 6. The van der Waals surface area contributed by atoms with Gasteiger partial charge in [-0.15, -0.1) is 11.3 Å². The molecule has 0 aliphatic heterocycles. The molecule has 6 nitrogen and oxygen atoms in total. The molecule has 0 unspecified atom stereocenters. The number of nitrogens with zero attached hydrogens (tertiary/aromatic N) is 2. The van der Waals surface area contributed by atoms with Crippen molar-refractivity contribution in [1.29, 1.82) is 0 Å². The molecule has 158 valence electrons. The van der Waals surface area contributed by atoms with E-state index in [9.17, 15) is 9.18 Å². The number of aromatic nitrogens is 3. The largest absolute Gasteiger partial charge is 0.354 e. The Bertz CT molecular complexity index is 1270. The van der Waals surface area contributed by atoms with Crippen LogP contribution in [0.2, 0.25) is 5.02 Å². The molecule has 0 amide bonds. The van der Waals surface area contributed by atoms with Gasteiger partial charge in [0, 0.05) is 45.8 Å². The molecule has 0 spiro atoms. The Hall–Kier alpha value is -3.23. The summed E-state index contributed by atoms with van der Waals surface area (Å²) in [6.45, 7) is 3.94. The highest BCUT2D eigenvalue weighted by atomic mass is 35.5. The van der Waals surface area contributed by atoms with Crippen LogP contribution in [0.25, 0.3) is 11.1 Å². The van der Waals surface area contributed by atoms with Gasteiger partial charge in [0.2, 0.25) is 0 Å². The van der Waals surface area contributed by atoms with Crippen molar-refractivity contribution in [3.8, 4) is 11.1 Å². The maximum absolute atomic E-state index is 14.4. The lowest BCUT2D eigenvalue weighted by atomic mass is 10.0. The normalized spacial score (nSPS) is 11.0. The van der Waals surface area contributed by atoms with Crippen molar-refractivity contribution < 1.29 is 4.39 Å². The van der Waals surface area contributed by atoms with Crippen molar-refractivity contribution in [2.24, 2.45) is 0 Å². The van der Waals surface area contributed by atoms with Gasteiger partial charge in [0.15, 0.2) is 5.13 Å². The second-order valence-corrected chi connectivity index (χ2v) is 8.47. The summed E-state index contributed by atoms with van der Waals surface area (Å²) in [6, 6.07) is 9.43. The molecule has 0 saturated heterocycles. The summed E-state index contributed by atoms with van der Waals surface area (Å²) >= 11 is 7.50. The molecule has 0 fully saturated rings. The number of halogens is 2. The standard InChI is InChI=1S/C22H19ClFN5OS/c1-12(2)20-18(11-16(21(30)29-20)15-9-13(23)3-4-17(15)24)27-14-5-6-25-19(10-14)28-22-26-7-8-31-22/h3-12H,1-2H3,(H,29,30)(H2,25,26,27,28). The van der Waals surface area contributed by atoms with Crippen LogP contribution in [0, 0.1) is 5.82 Å². The van der Waals surface area contributed by atoms with Gasteiger partial charge < -0.3 is 15.6 Å². The minimum atomic E-state index is -0.517. The third kappa shape index (κ3) is 4.76. The van der Waals surface area contributed by atoms with E-state index in [1.807, 2.05) is 31.4 Å². The van der Waals surface area contributed by atoms with E-state index in [1.54, 1.807) is 18.5 Å². The molecular weight excluding hydrogens is 437 g/mol. The fraction of sp³-hybridized carbons (Fsp3) is 0.136. The second kappa shape index (κ2) is 8.87. The summed E-state index contributed by atoms with van der Waals surface area (Å²) in [5.74, 6) is 0.136. The topological polar surface area (TPSA) is 82.7 Å². The number of pyridine rings is 2. The first kappa shape index (κ1) is 21.0. The first-order chi connectivity index (χ1) is 14.9. The third-order valence-corrected chi connectivity index (χ3v) is 5.50. The van der Waals surface area contributed by atoms with Gasteiger partial charge in [-0.05, 0) is 36.2 Å². The molecule has 9 heteroatoms. The molecule has 0 aliphatic carbocycles. The molecule has 0 atom stereocenters. The molecule has 0 saturated carbocycles. The van der Waals surface area contributed by atoms with Gasteiger partial charge >= 0.3 is 0 Å². The van der Waals surface area contributed by atoms with Crippen molar-refractivity contribution in [2.75, 3.05) is 10.6 Å². The van der Waals surface area contributed by atoms with Gasteiger partial charge in [-0.25, -0.2) is 14.4 Å². The molecular formula is C22H19ClFN5OS. The number of hydrogen-bond donors (Lipinski definition) is 3. The fourth-order valence-electron chi connectivity index (χ4n) is 3.13. The zero-order valence-corrected chi connectivity index (χ0v) is 18.3. The number of nitrogens with one attached hydrogen (secondary N) is 3. The maximum atomic E-state index is 14.4. The summed E-state index contributed by atoms with van der Waals surface area (Å²) in [5, 5.41) is 9.42. The van der Waals surface area contributed by atoms with E-state index in [1.165, 1.54) is 29.5 Å². The molecule has 0 radical (unpaired) electrons. The van der Waals surface area contributed by atoms with Crippen molar-refractivity contribution in [3.63, 3.8) is 0 Å². The van der Waals surface area contributed by atoms with Crippen molar-refractivity contribution >= 4 is 45.3 Å². The maximum Gasteiger partial charge on any atom is 0.256 e. The van der Waals surface area contributed by atoms with Gasteiger partial charge in [-0.3, -0.25) is 4.79 Å². The number of hydrogen-bond acceptors (Lipinski definition) is 6. The van der Waals surface area contributed by atoms with E-state index < -0.39 is 5.82 Å². The molecule has 4 aromatic rings. The minimum Gasteiger partial charge on any atom is -0.354 e. The summed E-state index contributed by atoms with van der Waals surface area (Å²) in [5.41, 5.74) is 2.09. The monoisotopic (exact) mass is 455 g/mol. The SMILES string of the molecule is CC(C)c1[nH]c(=O)c(-c2cc(Cl)ccc2F)cc1Nc1ccnc(Nc2nccs2)c1. The zero-order chi connectivity index (χ0) is 22.0. The molecule has 3 aromatic heterocycles. The van der Waals surface area contributed by atoms with Crippen molar-refractivity contribution in [1.82, 2.24) is 15.0 Å². The Morgan fingerprint density at radius 2 is 1.90 bits per heavy atom. The van der Waals surface area contributed by atoms with E-state index in [0.717, 1.165) is 10.8 Å². The van der Waals surface area contributed by atoms with Crippen LogP contribution in [-0.4, -0.2) is 15.0 Å². The molecule has 31 heavy (non-hydrogen) atoms. The second-order valence-electron chi connectivity index (χ2n) is 7.14. The van der Waals surface area contributed by atoms with Crippen LogP contribution in [0.15, 0.2) is 59.0 Å². The van der Waals surface area contributed by atoms with Gasteiger partial charge in [-0.1, -0.05) is 25.4 Å². The Morgan fingerprint density at radius 1 is 1.06 bits per heavy atom. The van der Waals surface area contributed by atoms with Crippen molar-refractivity contribution in [2.45, 2.75) is 19.8 Å². The number of thiazole rings is 1. The highest BCUT2D eigenvalue weighted by Crippen LogP contribution is 2.31. The van der Waals surface area contributed by atoms with Crippen LogP contribution >= 0.6 is 22.9 Å². The van der Waals surface area contributed by atoms with Crippen LogP contribution in [-0.2, 0) is 0 Å². The van der Waals surface area contributed by atoms with E-state index in [-0.39, 0.29) is 22.6 Å². The number of anilines is 4. The number of benzene rings is 1. The first-order valence-corrected chi connectivity index (χ1v) is 10.8. The lowest BCUT2D eigenvalue weighted by Gasteiger charge is -2.17. The van der Waals surface area contributed by atoms with Crippen LogP contribution in [0.1, 0.15) is 25.5 Å². The van der Waals surface area contributed by atoms with E-state index >= 15 is 0 Å². The number of aromatic amines is 1. The van der Waals surface area contributed by atoms with Crippen LogP contribution in [0.5, 0.6) is 0 Å². The Morgan fingerprint density at radius 3 is 2.65 bits per heavy atom. The molecule has 1 aromatic carbocycles. The molecule has 3 N–H and O–H groups in total. The van der Waals surface area contributed by atoms with E-state index in [0.29, 0.717) is 22.2 Å². The molecule has 0 aliphatic rings. The summed E-state index contributed by atoms with van der Waals surface area (Å²) in [6.07, 6.45) is 3.37. The van der Waals surface area contributed by atoms with Gasteiger partial charge in [0.25, 0.3) is 5.56 Å². The zero-order valence-electron chi connectivity index (χ0n) is 16.7. The summed E-state index contributed by atoms with van der Waals surface area (Å²) in [4.78, 5) is 24.1. The summed E-state index contributed by atoms with van der Waals surface area (Å²) in [7, 11) is 0. The highest BCUT2D eigenvalue weighted by molar-refractivity contribution is 7.13. The van der Waals surface area contributed by atoms with E-state index in [2.05, 4.69) is 25.6 Å². The average Bonchev–Trinajstić information content (AvgIpc) is 3.24. The lowest BCUT2D eigenvalue weighted by molar-refractivity contribution is 0.631. The third-order valence-electron chi connectivity index (χ3n) is 4.57. The predicted molar refractivity (Wildman–Crippen MR) is 124 cm³/mol. The first-order valence-electron chi connectivity index (χ1n) is 9.53. The molecule has 3 heterocycles. The van der Waals surface area contributed by atoms with Gasteiger partial charge in [0.1, 0.15) is 11.6 Å². The van der Waals surface area contributed by atoms with Crippen LogP contribution < -0.4 is 16.2 Å². The fourth-order valence-corrected chi connectivity index (χ4v) is 3.84. The van der Waals surface area contributed by atoms with Crippen LogP contribution in [0.3, 0.4) is 0 Å². The smallest absolute Gasteiger partial charge is 0.256 e. The van der Waals surface area contributed by atoms with Gasteiger partial charge in [-0.2, -0.15) is 0 Å². The van der Waals surface area contributed by atoms with Crippen LogP contribution in [0.4, 0.5) is 26.7 Å². The quantitative estimate of drug-likeness (QED) is 0.318. The Kier molecular flexibility index (Phi) is 6.01. The highest BCUT2D eigenvalue weighted by Gasteiger charge is 2.16. The average molecular weight is 456 g/mol. The Labute approximate surface area is 187 Å². The number of H-pyrrole nitrogens is 1. The lowest BCUT2D eigenvalue weighted by Crippen LogP contribution is -2.15. The minimum absolute atomic E-state index is 0.0307. The van der Waals surface area contributed by atoms with Gasteiger partial charge in [0.05, 0.1) is 11.3 Å². The summed E-state index contributed by atoms with van der Waals surface area (Å²) < 4.78 is 14.4.